The second-order valence-corrected chi connectivity index (χ2v) is 5.02. The normalized spacial score (nSPS) is 19.5. The number of aromatic nitrogens is 2. The minimum absolute atomic E-state index is 0.0694. The van der Waals surface area contributed by atoms with Crippen LogP contribution in [0, 0.1) is 0 Å². The topological polar surface area (TPSA) is 67.4 Å². The summed E-state index contributed by atoms with van der Waals surface area (Å²) in [4.78, 5) is 14.2. The monoisotopic (exact) mass is 278 g/mol. The zero-order valence-corrected chi connectivity index (χ0v) is 12.1. The summed E-state index contributed by atoms with van der Waals surface area (Å²) in [6, 6.07) is 3.53. The first-order valence-electron chi connectivity index (χ1n) is 7.19. The van der Waals surface area contributed by atoms with E-state index in [4.69, 9.17) is 4.74 Å². The summed E-state index contributed by atoms with van der Waals surface area (Å²) in [6.07, 6.45) is 1.95. The molecular formula is C14H22N4O2. The van der Waals surface area contributed by atoms with Crippen LogP contribution in [-0.4, -0.2) is 53.3 Å². The predicted octanol–water partition coefficient (Wildman–Crippen LogP) is 1.55. The minimum Gasteiger partial charge on any atom is -0.377 e. The van der Waals surface area contributed by atoms with E-state index >= 15 is 0 Å². The van der Waals surface area contributed by atoms with Crippen LogP contribution in [0.25, 0.3) is 0 Å². The molecule has 1 aliphatic heterocycles. The predicted molar refractivity (Wildman–Crippen MR) is 76.7 cm³/mol. The van der Waals surface area contributed by atoms with Crippen molar-refractivity contribution in [3.05, 3.63) is 17.8 Å². The zero-order valence-electron chi connectivity index (χ0n) is 12.1. The van der Waals surface area contributed by atoms with Gasteiger partial charge < -0.3 is 15.0 Å². The van der Waals surface area contributed by atoms with Gasteiger partial charge in [0.1, 0.15) is 5.82 Å². The highest BCUT2D eigenvalue weighted by molar-refractivity contribution is 5.92. The van der Waals surface area contributed by atoms with Gasteiger partial charge in [-0.25, -0.2) is 0 Å². The minimum atomic E-state index is -0.0723. The molecule has 1 N–H and O–H groups in total. The fourth-order valence-electron chi connectivity index (χ4n) is 2.13. The average Bonchev–Trinajstić information content (AvgIpc) is 2.69. The second kappa shape index (κ2) is 7.19. The van der Waals surface area contributed by atoms with E-state index in [9.17, 15) is 4.79 Å². The van der Waals surface area contributed by atoms with Gasteiger partial charge in [0, 0.05) is 26.2 Å². The number of ether oxygens (including phenoxy) is 1. The van der Waals surface area contributed by atoms with Crippen LogP contribution in [0.3, 0.4) is 0 Å². The second-order valence-electron chi connectivity index (χ2n) is 5.02. The Bertz CT molecular complexity index is 435. The number of carbonyl (C=O) groups is 1. The molecule has 0 saturated carbocycles. The molecule has 20 heavy (non-hydrogen) atoms. The van der Waals surface area contributed by atoms with Crippen molar-refractivity contribution < 1.29 is 9.53 Å². The van der Waals surface area contributed by atoms with E-state index < -0.39 is 0 Å². The van der Waals surface area contributed by atoms with E-state index in [1.807, 2.05) is 6.92 Å². The molecule has 1 fully saturated rings. The Labute approximate surface area is 119 Å². The Morgan fingerprint density at radius 3 is 3.05 bits per heavy atom. The Balaban J connectivity index is 2.00. The SMILES string of the molecule is CCCNc1ccc(C(=O)N2CCCOC(C)C2)nn1. The van der Waals surface area contributed by atoms with Crippen LogP contribution in [0.1, 0.15) is 37.2 Å². The van der Waals surface area contributed by atoms with Crippen LogP contribution in [0.5, 0.6) is 0 Å². The largest absolute Gasteiger partial charge is 0.377 e. The molecule has 1 aliphatic rings. The van der Waals surface area contributed by atoms with Gasteiger partial charge in [-0.15, -0.1) is 10.2 Å². The maximum atomic E-state index is 12.4. The molecule has 1 aromatic rings. The van der Waals surface area contributed by atoms with Crippen molar-refractivity contribution >= 4 is 11.7 Å². The highest BCUT2D eigenvalue weighted by atomic mass is 16.5. The van der Waals surface area contributed by atoms with Crippen LogP contribution >= 0.6 is 0 Å². The van der Waals surface area contributed by atoms with Gasteiger partial charge in [-0.2, -0.15) is 0 Å². The molecule has 2 rings (SSSR count). The Morgan fingerprint density at radius 2 is 2.35 bits per heavy atom. The molecule has 6 heteroatoms. The Morgan fingerprint density at radius 1 is 1.50 bits per heavy atom. The van der Waals surface area contributed by atoms with E-state index in [2.05, 4.69) is 22.4 Å². The quantitative estimate of drug-likeness (QED) is 0.905. The number of carbonyl (C=O) groups excluding carboxylic acids is 1. The molecule has 0 aromatic carbocycles. The standard InChI is InChI=1S/C14H22N4O2/c1-3-7-15-13-6-5-12(16-17-13)14(19)18-8-4-9-20-11(2)10-18/h5-6,11H,3-4,7-10H2,1-2H3,(H,15,17). The van der Waals surface area contributed by atoms with Gasteiger partial charge in [-0.05, 0) is 31.9 Å². The highest BCUT2D eigenvalue weighted by Crippen LogP contribution is 2.10. The lowest BCUT2D eigenvalue weighted by molar-refractivity contribution is 0.0559. The molecule has 0 aliphatic carbocycles. The van der Waals surface area contributed by atoms with Gasteiger partial charge in [-0.1, -0.05) is 6.92 Å². The van der Waals surface area contributed by atoms with E-state index in [0.29, 0.717) is 31.2 Å². The molecule has 1 saturated heterocycles. The molecule has 6 nitrogen and oxygen atoms in total. The Kier molecular flexibility index (Phi) is 5.29. The van der Waals surface area contributed by atoms with Crippen molar-refractivity contribution in [2.75, 3.05) is 31.6 Å². The van der Waals surface area contributed by atoms with Gasteiger partial charge in [-0.3, -0.25) is 4.79 Å². The average molecular weight is 278 g/mol. The molecule has 0 bridgehead atoms. The van der Waals surface area contributed by atoms with Gasteiger partial charge in [0.15, 0.2) is 5.69 Å². The van der Waals surface area contributed by atoms with Gasteiger partial charge in [0.05, 0.1) is 6.10 Å². The first-order chi connectivity index (χ1) is 9.70. The van der Waals surface area contributed by atoms with Crippen molar-refractivity contribution in [1.82, 2.24) is 15.1 Å². The molecule has 110 valence electrons. The van der Waals surface area contributed by atoms with Gasteiger partial charge in [0.25, 0.3) is 5.91 Å². The highest BCUT2D eigenvalue weighted by Gasteiger charge is 2.22. The van der Waals surface area contributed by atoms with E-state index in [-0.39, 0.29) is 12.0 Å². The van der Waals surface area contributed by atoms with E-state index in [1.54, 1.807) is 17.0 Å². The molecule has 0 spiro atoms. The maximum absolute atomic E-state index is 12.4. The van der Waals surface area contributed by atoms with Crippen molar-refractivity contribution in [3.63, 3.8) is 0 Å². The van der Waals surface area contributed by atoms with Gasteiger partial charge in [0.2, 0.25) is 0 Å². The van der Waals surface area contributed by atoms with Crippen molar-refractivity contribution in [3.8, 4) is 0 Å². The van der Waals surface area contributed by atoms with Crippen molar-refractivity contribution in [2.45, 2.75) is 32.8 Å². The fraction of sp³-hybridized carbons (Fsp3) is 0.643. The summed E-state index contributed by atoms with van der Waals surface area (Å²) in [5.41, 5.74) is 0.390. The maximum Gasteiger partial charge on any atom is 0.274 e. The lowest BCUT2D eigenvalue weighted by Gasteiger charge is -2.21. The first kappa shape index (κ1) is 14.7. The molecule has 2 heterocycles. The van der Waals surface area contributed by atoms with E-state index in [0.717, 1.165) is 19.4 Å². The molecule has 1 amide bonds. The summed E-state index contributed by atoms with van der Waals surface area (Å²) >= 11 is 0. The third-order valence-corrected chi connectivity index (χ3v) is 3.18. The van der Waals surface area contributed by atoms with Crippen LogP contribution < -0.4 is 5.32 Å². The lowest BCUT2D eigenvalue weighted by Crippen LogP contribution is -2.36. The number of nitrogens with zero attached hydrogens (tertiary/aromatic N) is 3. The molecule has 1 atom stereocenters. The van der Waals surface area contributed by atoms with Crippen LogP contribution in [-0.2, 0) is 4.74 Å². The summed E-state index contributed by atoms with van der Waals surface area (Å²) < 4.78 is 5.54. The smallest absolute Gasteiger partial charge is 0.274 e. The summed E-state index contributed by atoms with van der Waals surface area (Å²) in [6.45, 7) is 6.94. The molecule has 0 radical (unpaired) electrons. The third kappa shape index (κ3) is 3.90. The molecule has 1 aromatic heterocycles. The van der Waals surface area contributed by atoms with Gasteiger partial charge >= 0.3 is 0 Å². The number of hydrogen-bond acceptors (Lipinski definition) is 5. The lowest BCUT2D eigenvalue weighted by atomic mass is 10.3. The zero-order chi connectivity index (χ0) is 14.4. The van der Waals surface area contributed by atoms with Crippen LogP contribution in [0.2, 0.25) is 0 Å². The fourth-order valence-corrected chi connectivity index (χ4v) is 2.13. The van der Waals surface area contributed by atoms with E-state index in [1.165, 1.54) is 0 Å². The number of nitrogens with one attached hydrogen (secondary N) is 1. The van der Waals surface area contributed by atoms with Crippen LogP contribution in [0.4, 0.5) is 5.82 Å². The summed E-state index contributed by atoms with van der Waals surface area (Å²) in [7, 11) is 0. The van der Waals surface area contributed by atoms with Crippen molar-refractivity contribution in [2.24, 2.45) is 0 Å². The third-order valence-electron chi connectivity index (χ3n) is 3.18. The first-order valence-corrected chi connectivity index (χ1v) is 7.19. The number of amides is 1. The molecule has 1 unspecified atom stereocenters. The van der Waals surface area contributed by atoms with Crippen molar-refractivity contribution in [1.29, 1.82) is 0 Å². The molecular weight excluding hydrogens is 256 g/mol. The summed E-state index contributed by atoms with van der Waals surface area (Å²) in [5.74, 6) is 0.632. The number of rotatable bonds is 4. The number of hydrogen-bond donors (Lipinski definition) is 1. The van der Waals surface area contributed by atoms with Crippen LogP contribution in [0.15, 0.2) is 12.1 Å². The summed E-state index contributed by atoms with van der Waals surface area (Å²) in [5, 5.41) is 11.2. The Hall–Kier alpha value is -1.69. The number of anilines is 1.